The van der Waals surface area contributed by atoms with Gasteiger partial charge in [0.2, 0.25) is 0 Å². The fourth-order valence-electron chi connectivity index (χ4n) is 6.34. The second-order valence-electron chi connectivity index (χ2n) is 11.4. The number of para-hydroxylation sites is 2. The van der Waals surface area contributed by atoms with E-state index in [0.717, 1.165) is 61.3 Å². The molecule has 0 radical (unpaired) electrons. The lowest BCUT2D eigenvalue weighted by Crippen LogP contribution is -2.11. The lowest BCUT2D eigenvalue weighted by Gasteiger charge is -2.27. The molecule has 210 valence electrons. The highest BCUT2D eigenvalue weighted by Gasteiger charge is 2.20. The summed E-state index contributed by atoms with van der Waals surface area (Å²) < 4.78 is 0. The number of pyridine rings is 2. The molecular formula is C40H30N4. The van der Waals surface area contributed by atoms with Crippen molar-refractivity contribution in [2.45, 2.75) is 13.8 Å². The third kappa shape index (κ3) is 4.48. The van der Waals surface area contributed by atoms with E-state index in [4.69, 9.17) is 9.97 Å². The van der Waals surface area contributed by atoms with Crippen molar-refractivity contribution in [1.29, 1.82) is 0 Å². The monoisotopic (exact) mass is 566 g/mol. The van der Waals surface area contributed by atoms with Crippen LogP contribution in [0.4, 0.5) is 34.1 Å². The van der Waals surface area contributed by atoms with Gasteiger partial charge in [-0.25, -0.2) is 0 Å². The summed E-state index contributed by atoms with van der Waals surface area (Å²) in [5, 5.41) is 4.47. The van der Waals surface area contributed by atoms with E-state index in [1.807, 2.05) is 18.5 Å². The molecule has 2 aromatic heterocycles. The van der Waals surface area contributed by atoms with E-state index in [9.17, 15) is 0 Å². The zero-order chi connectivity index (χ0) is 29.6. The predicted octanol–water partition coefficient (Wildman–Crippen LogP) is 10.9. The lowest BCUT2D eigenvalue weighted by molar-refractivity contribution is 1.27. The van der Waals surface area contributed by atoms with E-state index in [0.29, 0.717) is 0 Å². The first-order chi connectivity index (χ1) is 21.6. The molecule has 0 fully saturated rings. The molecule has 0 saturated heterocycles. The second kappa shape index (κ2) is 10.5. The van der Waals surface area contributed by atoms with Gasteiger partial charge in [0.05, 0.1) is 16.7 Å². The van der Waals surface area contributed by atoms with Gasteiger partial charge in [-0.1, -0.05) is 60.7 Å². The first-order valence-electron chi connectivity index (χ1n) is 14.9. The fourth-order valence-corrected chi connectivity index (χ4v) is 6.34. The third-order valence-corrected chi connectivity index (χ3v) is 8.27. The predicted molar refractivity (Wildman–Crippen MR) is 185 cm³/mol. The zero-order valence-corrected chi connectivity index (χ0v) is 24.6. The minimum atomic E-state index is 0.933. The van der Waals surface area contributed by atoms with Crippen molar-refractivity contribution >= 4 is 66.7 Å². The summed E-state index contributed by atoms with van der Waals surface area (Å²) in [7, 11) is 0. The molecule has 0 N–H and O–H groups in total. The number of benzene rings is 6. The van der Waals surface area contributed by atoms with Gasteiger partial charge in [0.1, 0.15) is 0 Å². The molecule has 44 heavy (non-hydrogen) atoms. The maximum Gasteiger partial charge on any atom is 0.0751 e. The Balaban J connectivity index is 1.32. The van der Waals surface area contributed by atoms with Gasteiger partial charge in [-0.15, -0.1) is 0 Å². The van der Waals surface area contributed by atoms with Crippen LogP contribution in [0.3, 0.4) is 0 Å². The zero-order valence-electron chi connectivity index (χ0n) is 24.6. The summed E-state index contributed by atoms with van der Waals surface area (Å²) in [4.78, 5) is 14.7. The molecule has 0 spiro atoms. The number of aryl methyl sites for hydroxylation is 2. The molecular weight excluding hydrogens is 536 g/mol. The van der Waals surface area contributed by atoms with E-state index in [1.165, 1.54) is 16.5 Å². The van der Waals surface area contributed by atoms with E-state index < -0.39 is 0 Å². The van der Waals surface area contributed by atoms with Crippen LogP contribution in [0, 0.1) is 13.8 Å². The van der Waals surface area contributed by atoms with E-state index in [2.05, 4.69) is 151 Å². The maximum absolute atomic E-state index is 5.03. The summed E-state index contributed by atoms with van der Waals surface area (Å²) >= 11 is 0. The van der Waals surface area contributed by atoms with Crippen LogP contribution >= 0.6 is 0 Å². The third-order valence-electron chi connectivity index (χ3n) is 8.27. The van der Waals surface area contributed by atoms with Crippen LogP contribution in [0.1, 0.15) is 11.1 Å². The van der Waals surface area contributed by atoms with Crippen molar-refractivity contribution in [1.82, 2.24) is 9.97 Å². The second-order valence-corrected chi connectivity index (χ2v) is 11.4. The van der Waals surface area contributed by atoms with Crippen molar-refractivity contribution in [2.24, 2.45) is 0 Å². The number of anilines is 6. The van der Waals surface area contributed by atoms with Crippen LogP contribution in [0.2, 0.25) is 0 Å². The summed E-state index contributed by atoms with van der Waals surface area (Å²) in [6.45, 7) is 4.26. The molecule has 0 aliphatic carbocycles. The first kappa shape index (κ1) is 25.9. The van der Waals surface area contributed by atoms with Crippen molar-refractivity contribution < 1.29 is 0 Å². The Kier molecular flexibility index (Phi) is 6.20. The Labute approximate surface area is 256 Å². The molecule has 6 aromatic carbocycles. The average molecular weight is 567 g/mol. The molecule has 4 nitrogen and oxygen atoms in total. The minimum absolute atomic E-state index is 0.933. The SMILES string of the molecule is Cc1cccc(N(c2ccccc2)c2cc3cnc4cc(N(c5ccccc5)c5cccc(C)c5)cc5ncc(c2)c3c45)c1. The molecule has 0 amide bonds. The Morgan fingerprint density at radius 2 is 0.818 bits per heavy atom. The van der Waals surface area contributed by atoms with Crippen LogP contribution in [0.5, 0.6) is 0 Å². The molecule has 0 saturated carbocycles. The van der Waals surface area contributed by atoms with Gasteiger partial charge in [-0.2, -0.15) is 0 Å². The highest BCUT2D eigenvalue weighted by molar-refractivity contribution is 6.22. The van der Waals surface area contributed by atoms with Crippen molar-refractivity contribution in [3.05, 3.63) is 157 Å². The lowest BCUT2D eigenvalue weighted by atomic mass is 9.99. The minimum Gasteiger partial charge on any atom is -0.310 e. The molecule has 0 aliphatic heterocycles. The van der Waals surface area contributed by atoms with Crippen LogP contribution in [0.15, 0.2) is 146 Å². The van der Waals surface area contributed by atoms with Crippen LogP contribution < -0.4 is 9.80 Å². The molecule has 8 rings (SSSR count). The topological polar surface area (TPSA) is 32.3 Å². The molecule has 8 aromatic rings. The molecule has 0 unspecified atom stereocenters. The number of hydrogen-bond acceptors (Lipinski definition) is 4. The Bertz CT molecular complexity index is 2030. The molecule has 0 atom stereocenters. The van der Waals surface area contributed by atoms with Gasteiger partial charge in [0.15, 0.2) is 0 Å². The highest BCUT2D eigenvalue weighted by atomic mass is 15.1. The normalized spacial score (nSPS) is 11.4. The molecule has 0 bridgehead atoms. The standard InChI is InChI=1S/C40H30N4/c1-27-11-9-17-33(19-27)43(31-13-5-3-6-14-31)35-21-29-25-41-37-23-36(24-38-40(37)39(29)30(22-35)26-42-38)44(32-15-7-4-8-16-32)34-18-10-12-28(2)20-34/h3-26H,1-2H3. The number of nitrogens with zero attached hydrogens (tertiary/aromatic N) is 4. The van der Waals surface area contributed by atoms with Crippen molar-refractivity contribution in [3.63, 3.8) is 0 Å². The van der Waals surface area contributed by atoms with E-state index >= 15 is 0 Å². The summed E-state index contributed by atoms with van der Waals surface area (Å²) in [5.41, 5.74) is 10.8. The summed E-state index contributed by atoms with van der Waals surface area (Å²) in [5.74, 6) is 0. The summed E-state index contributed by atoms with van der Waals surface area (Å²) in [6.07, 6.45) is 4.02. The molecule has 0 aliphatic rings. The van der Waals surface area contributed by atoms with Crippen LogP contribution in [0.25, 0.3) is 32.6 Å². The van der Waals surface area contributed by atoms with Gasteiger partial charge >= 0.3 is 0 Å². The number of aromatic nitrogens is 2. The average Bonchev–Trinajstić information content (AvgIpc) is 3.05. The van der Waals surface area contributed by atoms with E-state index in [1.54, 1.807) is 0 Å². The number of hydrogen-bond donors (Lipinski definition) is 0. The van der Waals surface area contributed by atoms with Gasteiger partial charge < -0.3 is 9.80 Å². The van der Waals surface area contributed by atoms with Gasteiger partial charge in [0.25, 0.3) is 0 Å². The summed E-state index contributed by atoms with van der Waals surface area (Å²) in [6, 6.07) is 47.1. The quantitative estimate of drug-likeness (QED) is 0.187. The van der Waals surface area contributed by atoms with Gasteiger partial charge in [-0.3, -0.25) is 9.97 Å². The first-order valence-corrected chi connectivity index (χ1v) is 14.9. The number of rotatable bonds is 6. The van der Waals surface area contributed by atoms with Gasteiger partial charge in [-0.05, 0) is 97.8 Å². The van der Waals surface area contributed by atoms with E-state index in [-0.39, 0.29) is 0 Å². The van der Waals surface area contributed by atoms with Crippen molar-refractivity contribution in [2.75, 3.05) is 9.80 Å². The van der Waals surface area contributed by atoms with Crippen LogP contribution in [-0.2, 0) is 0 Å². The van der Waals surface area contributed by atoms with Crippen molar-refractivity contribution in [3.8, 4) is 0 Å². The van der Waals surface area contributed by atoms with Gasteiger partial charge in [0, 0.05) is 62.4 Å². The Hall–Kier alpha value is -5.74. The molecule has 2 heterocycles. The molecule has 4 heteroatoms. The highest BCUT2D eigenvalue weighted by Crippen LogP contribution is 2.43. The smallest absolute Gasteiger partial charge is 0.0751 e. The fraction of sp³-hybridized carbons (Fsp3) is 0.0500. The largest absolute Gasteiger partial charge is 0.310 e. The van der Waals surface area contributed by atoms with Crippen LogP contribution in [-0.4, -0.2) is 9.97 Å². The Morgan fingerprint density at radius 3 is 1.27 bits per heavy atom. The Morgan fingerprint density at radius 1 is 0.386 bits per heavy atom. The maximum atomic E-state index is 5.03.